The van der Waals surface area contributed by atoms with Gasteiger partial charge in [0, 0.05) is 11.3 Å². The van der Waals surface area contributed by atoms with Crippen LogP contribution in [0, 0.1) is 13.8 Å². The van der Waals surface area contributed by atoms with Gasteiger partial charge >= 0.3 is 0 Å². The van der Waals surface area contributed by atoms with Crippen molar-refractivity contribution in [1.29, 1.82) is 0 Å². The molecule has 84 valence electrons. The van der Waals surface area contributed by atoms with Crippen molar-refractivity contribution in [3.63, 3.8) is 0 Å². The molecule has 1 aromatic carbocycles. The lowest BCUT2D eigenvalue weighted by Crippen LogP contribution is -1.98. The molecule has 0 saturated heterocycles. The zero-order valence-electron chi connectivity index (χ0n) is 9.53. The van der Waals surface area contributed by atoms with Gasteiger partial charge in [0.15, 0.2) is 0 Å². The summed E-state index contributed by atoms with van der Waals surface area (Å²) < 4.78 is 0. The molecule has 0 bridgehead atoms. The van der Waals surface area contributed by atoms with E-state index in [-0.39, 0.29) is 5.38 Å². The molecule has 0 saturated carbocycles. The fourth-order valence-electron chi connectivity index (χ4n) is 1.83. The van der Waals surface area contributed by atoms with Gasteiger partial charge < -0.3 is 0 Å². The third-order valence-corrected chi connectivity index (χ3v) is 4.23. The molecule has 0 fully saturated rings. The Kier molecular flexibility index (Phi) is 3.67. The van der Waals surface area contributed by atoms with E-state index in [1.807, 2.05) is 0 Å². The largest absolute Gasteiger partial charge is 0.149 e. The zero-order valence-corrected chi connectivity index (χ0v) is 11.1. The Morgan fingerprint density at radius 2 is 2.00 bits per heavy atom. The summed E-state index contributed by atoms with van der Waals surface area (Å²) in [5.74, 6) is 0. The summed E-state index contributed by atoms with van der Waals surface area (Å²) in [6.07, 6.45) is 0.920. The summed E-state index contributed by atoms with van der Waals surface area (Å²) >= 11 is 8.25. The SMILES string of the molecule is Cc1cccc(C(Cl)Cc2cccs2)c1C. The number of hydrogen-bond donors (Lipinski definition) is 0. The number of benzene rings is 1. The van der Waals surface area contributed by atoms with Gasteiger partial charge in [-0.2, -0.15) is 0 Å². The molecular weight excluding hydrogens is 236 g/mol. The minimum atomic E-state index is 0.0820. The van der Waals surface area contributed by atoms with Crippen LogP contribution in [0.1, 0.15) is 26.9 Å². The molecule has 2 aromatic rings. The van der Waals surface area contributed by atoms with Crippen LogP contribution in [0.15, 0.2) is 35.7 Å². The van der Waals surface area contributed by atoms with E-state index in [0.717, 1.165) is 6.42 Å². The van der Waals surface area contributed by atoms with E-state index >= 15 is 0 Å². The maximum Gasteiger partial charge on any atom is 0.0636 e. The highest BCUT2D eigenvalue weighted by Crippen LogP contribution is 2.30. The lowest BCUT2D eigenvalue weighted by molar-refractivity contribution is 0.923. The Balaban J connectivity index is 2.21. The van der Waals surface area contributed by atoms with Gasteiger partial charge in [-0.3, -0.25) is 0 Å². The average Bonchev–Trinajstić information content (AvgIpc) is 2.74. The molecule has 16 heavy (non-hydrogen) atoms. The third kappa shape index (κ3) is 2.47. The summed E-state index contributed by atoms with van der Waals surface area (Å²) in [4.78, 5) is 1.35. The predicted molar refractivity (Wildman–Crippen MR) is 72.5 cm³/mol. The molecule has 1 atom stereocenters. The zero-order chi connectivity index (χ0) is 11.5. The third-order valence-electron chi connectivity index (χ3n) is 2.94. The van der Waals surface area contributed by atoms with Crippen LogP contribution < -0.4 is 0 Å². The Morgan fingerprint density at radius 1 is 1.19 bits per heavy atom. The highest BCUT2D eigenvalue weighted by atomic mass is 35.5. The lowest BCUT2D eigenvalue weighted by Gasteiger charge is -2.13. The van der Waals surface area contributed by atoms with E-state index in [4.69, 9.17) is 11.6 Å². The summed E-state index contributed by atoms with van der Waals surface area (Å²) in [7, 11) is 0. The van der Waals surface area contributed by atoms with E-state index in [1.165, 1.54) is 21.6 Å². The summed E-state index contributed by atoms with van der Waals surface area (Å²) in [6.45, 7) is 4.28. The summed E-state index contributed by atoms with van der Waals surface area (Å²) in [5, 5.41) is 2.18. The van der Waals surface area contributed by atoms with Crippen LogP contribution in [-0.2, 0) is 6.42 Å². The van der Waals surface area contributed by atoms with Gasteiger partial charge in [-0.1, -0.05) is 24.3 Å². The van der Waals surface area contributed by atoms with Gasteiger partial charge in [0.2, 0.25) is 0 Å². The number of thiophene rings is 1. The lowest BCUT2D eigenvalue weighted by atomic mass is 9.99. The van der Waals surface area contributed by atoms with Gasteiger partial charge in [0.05, 0.1) is 5.38 Å². The van der Waals surface area contributed by atoms with Crippen molar-refractivity contribution in [3.8, 4) is 0 Å². The first-order valence-electron chi connectivity index (χ1n) is 5.41. The Labute approximate surface area is 106 Å². The van der Waals surface area contributed by atoms with Gasteiger partial charge in [-0.25, -0.2) is 0 Å². The number of rotatable bonds is 3. The molecule has 1 unspecified atom stereocenters. The van der Waals surface area contributed by atoms with Crippen molar-refractivity contribution >= 4 is 22.9 Å². The molecule has 1 heterocycles. The second-order valence-electron chi connectivity index (χ2n) is 4.04. The van der Waals surface area contributed by atoms with Crippen LogP contribution in [0.25, 0.3) is 0 Å². The number of aryl methyl sites for hydroxylation is 1. The van der Waals surface area contributed by atoms with Crippen molar-refractivity contribution in [2.75, 3.05) is 0 Å². The predicted octanol–water partition coefficient (Wildman–Crippen LogP) is 4.89. The molecule has 0 aliphatic carbocycles. The topological polar surface area (TPSA) is 0 Å². The minimum Gasteiger partial charge on any atom is -0.149 e. The van der Waals surface area contributed by atoms with Crippen molar-refractivity contribution in [2.45, 2.75) is 25.6 Å². The van der Waals surface area contributed by atoms with Crippen LogP contribution in [0.3, 0.4) is 0 Å². The Morgan fingerprint density at radius 3 is 2.69 bits per heavy atom. The molecule has 0 nitrogen and oxygen atoms in total. The molecule has 0 aliphatic rings. The van der Waals surface area contributed by atoms with E-state index in [0.29, 0.717) is 0 Å². The molecule has 1 aromatic heterocycles. The average molecular weight is 251 g/mol. The number of alkyl halides is 1. The summed E-state index contributed by atoms with van der Waals surface area (Å²) in [6, 6.07) is 10.6. The van der Waals surface area contributed by atoms with Gasteiger partial charge in [-0.15, -0.1) is 22.9 Å². The monoisotopic (exact) mass is 250 g/mol. The Bertz CT molecular complexity index is 460. The molecular formula is C14H15ClS. The molecule has 0 spiro atoms. The van der Waals surface area contributed by atoms with Crippen molar-refractivity contribution in [1.82, 2.24) is 0 Å². The smallest absolute Gasteiger partial charge is 0.0636 e. The molecule has 0 radical (unpaired) electrons. The first-order chi connectivity index (χ1) is 7.68. The van der Waals surface area contributed by atoms with Gasteiger partial charge in [0.1, 0.15) is 0 Å². The Hall–Kier alpha value is -0.790. The quantitative estimate of drug-likeness (QED) is 0.681. The second-order valence-corrected chi connectivity index (χ2v) is 5.60. The van der Waals surface area contributed by atoms with Crippen molar-refractivity contribution < 1.29 is 0 Å². The molecule has 0 N–H and O–H groups in total. The fraction of sp³-hybridized carbons (Fsp3) is 0.286. The molecule has 0 aliphatic heterocycles. The first kappa shape index (κ1) is 11.7. The minimum absolute atomic E-state index is 0.0820. The highest BCUT2D eigenvalue weighted by molar-refractivity contribution is 7.09. The van der Waals surface area contributed by atoms with Crippen LogP contribution in [0.4, 0.5) is 0 Å². The van der Waals surface area contributed by atoms with E-state index < -0.39 is 0 Å². The highest BCUT2D eigenvalue weighted by Gasteiger charge is 2.12. The van der Waals surface area contributed by atoms with Crippen molar-refractivity contribution in [2.24, 2.45) is 0 Å². The molecule has 2 heteroatoms. The number of hydrogen-bond acceptors (Lipinski definition) is 1. The van der Waals surface area contributed by atoms with E-state index in [1.54, 1.807) is 11.3 Å². The van der Waals surface area contributed by atoms with Crippen LogP contribution >= 0.6 is 22.9 Å². The summed E-state index contributed by atoms with van der Waals surface area (Å²) in [5.41, 5.74) is 3.89. The standard InChI is InChI=1S/C14H15ClS/c1-10-5-3-7-13(11(10)2)14(15)9-12-6-4-8-16-12/h3-8,14H,9H2,1-2H3. The second kappa shape index (κ2) is 5.03. The maximum atomic E-state index is 6.48. The van der Waals surface area contributed by atoms with Crippen molar-refractivity contribution in [3.05, 3.63) is 57.3 Å². The van der Waals surface area contributed by atoms with E-state index in [2.05, 4.69) is 49.6 Å². The van der Waals surface area contributed by atoms with Crippen LogP contribution in [0.2, 0.25) is 0 Å². The normalized spacial score (nSPS) is 12.7. The van der Waals surface area contributed by atoms with Crippen LogP contribution in [-0.4, -0.2) is 0 Å². The van der Waals surface area contributed by atoms with E-state index in [9.17, 15) is 0 Å². The number of halogens is 1. The van der Waals surface area contributed by atoms with Gasteiger partial charge in [-0.05, 0) is 42.0 Å². The van der Waals surface area contributed by atoms with Crippen LogP contribution in [0.5, 0.6) is 0 Å². The fourth-order valence-corrected chi connectivity index (χ4v) is 3.07. The maximum absolute atomic E-state index is 6.48. The first-order valence-corrected chi connectivity index (χ1v) is 6.72. The molecule has 2 rings (SSSR count). The molecule has 0 amide bonds. The van der Waals surface area contributed by atoms with Gasteiger partial charge in [0.25, 0.3) is 0 Å².